The predicted molar refractivity (Wildman–Crippen MR) is 208 cm³/mol. The maximum atomic E-state index is 14.1. The lowest BCUT2D eigenvalue weighted by Crippen LogP contribution is -2.61. The van der Waals surface area contributed by atoms with Crippen LogP contribution in [-0.2, 0) is 43.0 Å². The van der Waals surface area contributed by atoms with Gasteiger partial charge in [-0.2, -0.15) is 0 Å². The third-order valence-corrected chi connectivity index (χ3v) is 9.95. The lowest BCUT2D eigenvalue weighted by molar-refractivity contribution is -0.157. The number of esters is 1. The summed E-state index contributed by atoms with van der Waals surface area (Å²) in [6.07, 6.45) is 8.72. The van der Waals surface area contributed by atoms with Crippen LogP contribution in [0.1, 0.15) is 112 Å². The number of hydrogen-bond donors (Lipinski definition) is 6. The van der Waals surface area contributed by atoms with Gasteiger partial charge >= 0.3 is 5.97 Å². The number of aliphatic hydroxyl groups excluding tert-OH is 1. The van der Waals surface area contributed by atoms with Crippen molar-refractivity contribution >= 4 is 35.5 Å². The second-order valence-electron chi connectivity index (χ2n) is 15.0. The van der Waals surface area contributed by atoms with Crippen molar-refractivity contribution in [1.29, 1.82) is 0 Å². The molecule has 5 amide bonds. The van der Waals surface area contributed by atoms with E-state index in [4.69, 9.17) is 19.9 Å². The highest BCUT2D eigenvalue weighted by atomic mass is 16.5. The molecule has 318 valence electrons. The number of rotatable bonds is 21. The van der Waals surface area contributed by atoms with E-state index in [-0.39, 0.29) is 32.2 Å². The lowest BCUT2D eigenvalue weighted by atomic mass is 9.94. The van der Waals surface area contributed by atoms with Crippen molar-refractivity contribution in [2.75, 3.05) is 53.2 Å². The number of unbranched alkanes of at least 4 members (excludes halogenated alkanes) is 7. The number of nitrogens with zero attached hydrogens (tertiary/aromatic N) is 1. The van der Waals surface area contributed by atoms with Gasteiger partial charge in [0.05, 0.1) is 39.0 Å². The Bertz CT molecular complexity index is 1170. The van der Waals surface area contributed by atoms with Crippen molar-refractivity contribution < 1.29 is 48.1 Å². The number of carbonyl (C=O) groups excluding carboxylic acids is 6. The first-order valence-electron chi connectivity index (χ1n) is 20.3. The normalized spacial score (nSPS) is 24.6. The Morgan fingerprint density at radius 2 is 1.44 bits per heavy atom. The van der Waals surface area contributed by atoms with Crippen molar-refractivity contribution in [2.24, 2.45) is 23.5 Å². The van der Waals surface area contributed by atoms with Crippen molar-refractivity contribution in [1.82, 2.24) is 26.2 Å². The molecule has 0 spiro atoms. The summed E-state index contributed by atoms with van der Waals surface area (Å²) < 4.78 is 16.7. The van der Waals surface area contributed by atoms with Gasteiger partial charge in [-0.05, 0) is 31.1 Å². The van der Waals surface area contributed by atoms with Crippen LogP contribution in [0.25, 0.3) is 0 Å². The van der Waals surface area contributed by atoms with E-state index >= 15 is 0 Å². The fourth-order valence-electron chi connectivity index (χ4n) is 6.27. The van der Waals surface area contributed by atoms with E-state index in [1.165, 1.54) is 31.2 Å². The first-order chi connectivity index (χ1) is 26.2. The smallest absolute Gasteiger partial charge is 0.325 e. The maximum Gasteiger partial charge on any atom is 0.325 e. The van der Waals surface area contributed by atoms with E-state index in [0.29, 0.717) is 32.4 Å². The van der Waals surface area contributed by atoms with Crippen LogP contribution in [0.15, 0.2) is 0 Å². The molecule has 55 heavy (non-hydrogen) atoms. The van der Waals surface area contributed by atoms with Gasteiger partial charge in [0.25, 0.3) is 0 Å². The summed E-state index contributed by atoms with van der Waals surface area (Å²) in [5.41, 5.74) is 5.44. The zero-order valence-corrected chi connectivity index (χ0v) is 34.5. The molecule has 0 aromatic carbocycles. The van der Waals surface area contributed by atoms with Gasteiger partial charge in [-0.25, -0.2) is 0 Å². The van der Waals surface area contributed by atoms with E-state index in [1.807, 2.05) is 20.8 Å². The van der Waals surface area contributed by atoms with E-state index in [9.17, 15) is 33.9 Å². The molecule has 1 fully saturated rings. The molecule has 1 heterocycles. The number of nitrogens with two attached hydrogens (primary N) is 1. The van der Waals surface area contributed by atoms with E-state index in [1.54, 1.807) is 13.8 Å². The average molecular weight is 785 g/mol. The summed E-state index contributed by atoms with van der Waals surface area (Å²) in [5.74, 6) is -5.39. The summed E-state index contributed by atoms with van der Waals surface area (Å²) in [6, 6.07) is -4.93. The highest BCUT2D eigenvalue weighted by Crippen LogP contribution is 2.22. The minimum absolute atomic E-state index is 0.00814. The van der Waals surface area contributed by atoms with Crippen molar-refractivity contribution in [2.45, 2.75) is 142 Å². The standard InChI is InChI=1S/C39H72N6O10/c1-8-10-11-12-13-14-15-16-17-32-28(6)39(52)45(7)31(22-26(3)4)37(50)44-34(27(5)9-2)38(51)42-29(24-46)36(49)43-30(25-54-21-20-53-19-18-40)35(48)41-23-33(47)55-32/h26-32,34,46H,8-25,40H2,1-7H3,(H,41,48)(H,42,51)(H,43,49)(H,44,50)/t27-,28+,29-,30-,31-,32+,34-/m0/s1. The number of carbonyl (C=O) groups is 6. The van der Waals surface area contributed by atoms with Crippen molar-refractivity contribution in [3.05, 3.63) is 0 Å². The predicted octanol–water partition coefficient (Wildman–Crippen LogP) is 1.55. The molecule has 0 radical (unpaired) electrons. The number of ether oxygens (including phenoxy) is 3. The number of cyclic esters (lactones) is 1. The number of nitrogens with one attached hydrogen (secondary N) is 4. The van der Waals surface area contributed by atoms with Gasteiger partial charge in [0.2, 0.25) is 29.5 Å². The lowest BCUT2D eigenvalue weighted by Gasteiger charge is -2.34. The summed E-state index contributed by atoms with van der Waals surface area (Å²) in [5, 5.41) is 20.4. The quantitative estimate of drug-likeness (QED) is 0.0723. The van der Waals surface area contributed by atoms with Gasteiger partial charge in [-0.3, -0.25) is 28.8 Å². The van der Waals surface area contributed by atoms with E-state index < -0.39 is 90.8 Å². The van der Waals surface area contributed by atoms with E-state index in [0.717, 1.165) is 25.7 Å². The number of amides is 5. The Balaban J connectivity index is 3.50. The van der Waals surface area contributed by atoms with Crippen LogP contribution in [0.2, 0.25) is 0 Å². The molecule has 7 atom stereocenters. The molecule has 0 aromatic rings. The molecule has 7 N–H and O–H groups in total. The number of hydrogen-bond acceptors (Lipinski definition) is 11. The molecule has 0 bridgehead atoms. The highest BCUT2D eigenvalue weighted by molar-refractivity contribution is 5.96. The third kappa shape index (κ3) is 18.9. The second-order valence-corrected chi connectivity index (χ2v) is 15.0. The molecule has 0 unspecified atom stereocenters. The Hall–Kier alpha value is -3.34. The molecule has 0 aliphatic carbocycles. The van der Waals surface area contributed by atoms with Gasteiger partial charge in [-0.1, -0.05) is 92.9 Å². The SMILES string of the molecule is CCCCCCCCCC[C@H]1OC(=O)CNC(=O)[C@H](COCCOCCN)NC(=O)[C@H](CO)NC(=O)[C@H]([C@@H](C)CC)NC(=O)[C@H](CC(C)C)N(C)C(=O)[C@@H]1C. The van der Waals surface area contributed by atoms with Gasteiger partial charge in [-0.15, -0.1) is 0 Å². The van der Waals surface area contributed by atoms with Gasteiger partial charge in [0.15, 0.2) is 0 Å². The summed E-state index contributed by atoms with van der Waals surface area (Å²) >= 11 is 0. The Kier molecular flexibility index (Phi) is 25.4. The van der Waals surface area contributed by atoms with Crippen LogP contribution in [-0.4, -0.2) is 129 Å². The molecule has 1 aliphatic heterocycles. The van der Waals surface area contributed by atoms with Crippen LogP contribution in [0.3, 0.4) is 0 Å². The molecule has 16 heteroatoms. The molecule has 0 saturated carbocycles. The van der Waals surface area contributed by atoms with Gasteiger partial charge in [0, 0.05) is 13.6 Å². The van der Waals surface area contributed by atoms with Crippen LogP contribution >= 0.6 is 0 Å². The minimum atomic E-state index is -1.50. The molecule has 1 saturated heterocycles. The minimum Gasteiger partial charge on any atom is -0.460 e. The first kappa shape index (κ1) is 49.7. The molecule has 0 aromatic heterocycles. The van der Waals surface area contributed by atoms with Crippen molar-refractivity contribution in [3.63, 3.8) is 0 Å². The van der Waals surface area contributed by atoms with Gasteiger partial charge in [0.1, 0.15) is 36.8 Å². The number of aliphatic hydroxyl groups is 1. The van der Waals surface area contributed by atoms with Crippen LogP contribution in [0, 0.1) is 17.8 Å². The van der Waals surface area contributed by atoms with Crippen LogP contribution in [0.5, 0.6) is 0 Å². The molecule has 16 nitrogen and oxygen atoms in total. The van der Waals surface area contributed by atoms with E-state index in [2.05, 4.69) is 28.2 Å². The summed E-state index contributed by atoms with van der Waals surface area (Å²) in [4.78, 5) is 83.2. The topological polar surface area (TPSA) is 228 Å². The Morgan fingerprint density at radius 1 is 0.818 bits per heavy atom. The number of likely N-dealkylation sites (N-methyl/N-ethyl adjacent to an activating group) is 1. The zero-order chi connectivity index (χ0) is 41.3. The molecule has 1 aliphatic rings. The second kappa shape index (κ2) is 28.1. The summed E-state index contributed by atoms with van der Waals surface area (Å²) in [6.45, 7) is 10.4. The van der Waals surface area contributed by atoms with Gasteiger partial charge < -0.3 is 51.2 Å². The zero-order valence-electron chi connectivity index (χ0n) is 34.5. The molecular weight excluding hydrogens is 712 g/mol. The maximum absolute atomic E-state index is 14.1. The highest BCUT2D eigenvalue weighted by Gasteiger charge is 2.38. The Labute approximate surface area is 328 Å². The fraction of sp³-hybridized carbons (Fsp3) is 0.846. The van der Waals surface area contributed by atoms with Crippen molar-refractivity contribution in [3.8, 4) is 0 Å². The molecule has 1 rings (SSSR count). The van der Waals surface area contributed by atoms with Crippen LogP contribution in [0.4, 0.5) is 0 Å². The summed E-state index contributed by atoms with van der Waals surface area (Å²) in [7, 11) is 1.53. The largest absolute Gasteiger partial charge is 0.460 e. The van der Waals surface area contributed by atoms with Crippen LogP contribution < -0.4 is 27.0 Å². The third-order valence-electron chi connectivity index (χ3n) is 9.95. The average Bonchev–Trinajstić information content (AvgIpc) is 3.16. The molecular formula is C39H72N6O10. The monoisotopic (exact) mass is 785 g/mol. The first-order valence-corrected chi connectivity index (χ1v) is 20.3. The Morgan fingerprint density at radius 3 is 2.04 bits per heavy atom. The fourth-order valence-corrected chi connectivity index (χ4v) is 6.27.